The van der Waals surface area contributed by atoms with Crippen LogP contribution in [0.2, 0.25) is 18.1 Å². The third-order valence-corrected chi connectivity index (χ3v) is 21.2. The summed E-state index contributed by atoms with van der Waals surface area (Å²) in [6.07, 6.45) is 2.60. The number of carbonyl (C=O) groups excluding carboxylic acids is 3. The lowest BCUT2D eigenvalue weighted by molar-refractivity contribution is -0.135. The van der Waals surface area contributed by atoms with Gasteiger partial charge in [-0.05, 0) is 84.2 Å². The van der Waals surface area contributed by atoms with Gasteiger partial charge in [-0.1, -0.05) is 89.2 Å². The van der Waals surface area contributed by atoms with E-state index in [1.54, 1.807) is 18.2 Å². The lowest BCUT2D eigenvalue weighted by Crippen LogP contribution is -2.50. The summed E-state index contributed by atoms with van der Waals surface area (Å²) in [4.78, 5) is 44.0. The second-order valence-corrected chi connectivity index (χ2v) is 23.0. The number of nitrogens with zero attached hydrogens (tertiary/aromatic N) is 1. The van der Waals surface area contributed by atoms with Crippen LogP contribution in [0.1, 0.15) is 93.0 Å². The molecule has 4 fully saturated rings. The number of allylic oxidation sites excluding steroid dienone is 1. The molecule has 2 aromatic rings. The lowest BCUT2D eigenvalue weighted by atomic mass is 9.61. The topological polar surface area (TPSA) is 97.8 Å². The molecule has 1 amide bonds. The van der Waals surface area contributed by atoms with Gasteiger partial charge in [-0.3, -0.25) is 14.4 Å². The molecule has 2 unspecified atom stereocenters. The zero-order valence-corrected chi connectivity index (χ0v) is 31.2. The van der Waals surface area contributed by atoms with Crippen molar-refractivity contribution in [2.24, 2.45) is 40.4 Å². The van der Waals surface area contributed by atoms with Gasteiger partial charge < -0.3 is 4.43 Å². The predicted molar refractivity (Wildman–Crippen MR) is 192 cm³/mol. The van der Waals surface area contributed by atoms with Crippen molar-refractivity contribution in [3.63, 3.8) is 0 Å². The minimum absolute atomic E-state index is 0.0194. The first kappa shape index (κ1) is 33.3. The van der Waals surface area contributed by atoms with Gasteiger partial charge in [0.1, 0.15) is 0 Å². The third-order valence-electron chi connectivity index (χ3n) is 14.7. The van der Waals surface area contributed by atoms with E-state index in [1.165, 1.54) is 4.31 Å². The Morgan fingerprint density at radius 2 is 1.53 bits per heavy atom. The van der Waals surface area contributed by atoms with E-state index >= 15 is 4.79 Å². The van der Waals surface area contributed by atoms with E-state index in [2.05, 4.69) is 34.6 Å². The number of amides is 1. The van der Waals surface area contributed by atoms with E-state index in [0.29, 0.717) is 36.3 Å². The smallest absolute Gasteiger partial charge is 0.242 e. The van der Waals surface area contributed by atoms with Crippen LogP contribution < -0.4 is 0 Å². The summed E-state index contributed by atoms with van der Waals surface area (Å²) in [6, 6.07) is 19.4. The van der Waals surface area contributed by atoms with Gasteiger partial charge in [0.25, 0.3) is 0 Å². The van der Waals surface area contributed by atoms with Crippen molar-refractivity contribution in [2.75, 3.05) is 5.75 Å². The molecule has 1 heterocycles. The average molecular weight is 700 g/mol. The number of benzene rings is 2. The Bertz CT molecular complexity index is 1870. The molecule has 9 heteroatoms. The molecule has 8 rings (SSSR count). The number of hydrogen-bond acceptors (Lipinski definition) is 6. The van der Waals surface area contributed by atoms with Gasteiger partial charge >= 0.3 is 0 Å². The number of carbonyl (C=O) groups is 3. The zero-order valence-electron chi connectivity index (χ0n) is 29.4. The van der Waals surface area contributed by atoms with Crippen molar-refractivity contribution in [1.29, 1.82) is 0 Å². The van der Waals surface area contributed by atoms with Crippen LogP contribution in [0.15, 0.2) is 60.2 Å². The molecule has 0 aromatic heterocycles. The van der Waals surface area contributed by atoms with Gasteiger partial charge in [-0.15, -0.1) is 0 Å². The minimum atomic E-state index is -3.86. The van der Waals surface area contributed by atoms with E-state index in [0.717, 1.165) is 47.7 Å². The summed E-state index contributed by atoms with van der Waals surface area (Å²) in [5, 5.41) is 0. The molecule has 260 valence electrons. The molecule has 6 aliphatic rings. The Hall–Kier alpha value is -2.88. The van der Waals surface area contributed by atoms with E-state index in [4.69, 9.17) is 4.43 Å². The number of hydrogen-bond donors (Lipinski definition) is 0. The molecule has 1 aliphatic heterocycles. The Balaban J connectivity index is 1.30. The average Bonchev–Trinajstić information content (AvgIpc) is 3.74. The van der Waals surface area contributed by atoms with Crippen LogP contribution in [-0.4, -0.2) is 56.4 Å². The molecule has 0 N–H and O–H groups in total. The van der Waals surface area contributed by atoms with Gasteiger partial charge in [0.15, 0.2) is 19.9 Å². The van der Waals surface area contributed by atoms with Crippen molar-refractivity contribution in [3.05, 3.63) is 76.9 Å². The standard InChI is InChI=1S/C40H49NO6SSi/c1-6-49(7-2,8-3)47-37-31(38(44)41-32-20-25-18-19-40(32,39(25,4)5)23-48(41,45)46)22-29-33-30(21-28(34(29)37)24-14-10-9-11-15-24)35(42)26-16-12-13-17-27(26)36(33)43/h9-17,25,29-33,37H,6-8,18-23H2,1-5H3/t25?,29-,30-,31+,32?,33+,37+,40+/m0/s1. The molecule has 2 bridgehead atoms. The summed E-state index contributed by atoms with van der Waals surface area (Å²) >= 11 is 0. The quantitative estimate of drug-likeness (QED) is 0.277. The highest BCUT2D eigenvalue weighted by Gasteiger charge is 2.73. The number of sulfonamides is 1. The largest absolute Gasteiger partial charge is 0.409 e. The first-order valence-electron chi connectivity index (χ1n) is 18.5. The Kier molecular flexibility index (Phi) is 7.68. The summed E-state index contributed by atoms with van der Waals surface area (Å²) in [5.41, 5.74) is 3.25. The molecule has 2 aromatic carbocycles. The fraction of sp³-hybridized carbons (Fsp3) is 0.575. The normalized spacial score (nSPS) is 35.3. The second-order valence-electron chi connectivity index (χ2n) is 16.4. The van der Waals surface area contributed by atoms with Crippen LogP contribution in [0.25, 0.3) is 5.57 Å². The third kappa shape index (κ3) is 4.46. The molecular formula is C40H49NO6SSi. The van der Waals surface area contributed by atoms with Gasteiger partial charge in [-0.2, -0.15) is 0 Å². The Morgan fingerprint density at radius 3 is 2.16 bits per heavy atom. The highest BCUT2D eigenvalue weighted by molar-refractivity contribution is 7.90. The molecule has 0 radical (unpaired) electrons. The van der Waals surface area contributed by atoms with Gasteiger partial charge in [0.05, 0.1) is 23.8 Å². The molecule has 8 atom stereocenters. The molecule has 3 saturated carbocycles. The summed E-state index contributed by atoms with van der Waals surface area (Å²) in [6.45, 7) is 10.9. The number of ketones is 2. The van der Waals surface area contributed by atoms with Crippen molar-refractivity contribution in [1.82, 2.24) is 4.31 Å². The number of rotatable bonds is 7. The Labute approximate surface area is 292 Å². The minimum Gasteiger partial charge on any atom is -0.409 e. The maximum atomic E-state index is 15.2. The second kappa shape index (κ2) is 11.3. The van der Waals surface area contributed by atoms with Gasteiger partial charge in [0.2, 0.25) is 15.9 Å². The van der Waals surface area contributed by atoms with Crippen LogP contribution in [0.5, 0.6) is 0 Å². The summed E-state index contributed by atoms with van der Waals surface area (Å²) in [7, 11) is -6.21. The number of Topliss-reactive ketones (excluding diaryl/α,β-unsaturated/α-hetero) is 2. The van der Waals surface area contributed by atoms with E-state index < -0.39 is 53.5 Å². The fourth-order valence-electron chi connectivity index (χ4n) is 11.7. The first-order chi connectivity index (χ1) is 23.3. The van der Waals surface area contributed by atoms with Crippen molar-refractivity contribution < 1.29 is 27.2 Å². The van der Waals surface area contributed by atoms with E-state index in [1.807, 2.05) is 36.4 Å². The molecule has 5 aliphatic carbocycles. The van der Waals surface area contributed by atoms with Crippen molar-refractivity contribution >= 4 is 41.4 Å². The Morgan fingerprint density at radius 1 is 0.898 bits per heavy atom. The lowest BCUT2D eigenvalue weighted by Gasteiger charge is -2.42. The highest BCUT2D eigenvalue weighted by atomic mass is 32.2. The van der Waals surface area contributed by atoms with Crippen LogP contribution in [0.4, 0.5) is 0 Å². The van der Waals surface area contributed by atoms with Gasteiger partial charge in [0, 0.05) is 28.4 Å². The van der Waals surface area contributed by atoms with Crippen molar-refractivity contribution in [3.8, 4) is 0 Å². The predicted octanol–water partition coefficient (Wildman–Crippen LogP) is 7.55. The number of fused-ring (bicyclic) bond motifs is 5. The highest BCUT2D eigenvalue weighted by Crippen LogP contribution is 2.70. The van der Waals surface area contributed by atoms with Crippen LogP contribution in [0, 0.1) is 40.4 Å². The fourth-order valence-corrected chi connectivity index (χ4v) is 17.1. The summed E-state index contributed by atoms with van der Waals surface area (Å²) in [5.74, 6) is -2.32. The molecular weight excluding hydrogens is 651 g/mol. The maximum Gasteiger partial charge on any atom is 0.242 e. The van der Waals surface area contributed by atoms with Gasteiger partial charge in [-0.25, -0.2) is 12.7 Å². The maximum absolute atomic E-state index is 15.2. The van der Waals surface area contributed by atoms with Crippen LogP contribution in [-0.2, 0) is 19.2 Å². The monoisotopic (exact) mass is 699 g/mol. The molecule has 1 saturated heterocycles. The van der Waals surface area contributed by atoms with E-state index in [9.17, 15) is 18.0 Å². The molecule has 1 spiro atoms. The zero-order chi connectivity index (χ0) is 34.7. The van der Waals surface area contributed by atoms with Crippen molar-refractivity contribution in [2.45, 2.75) is 97.0 Å². The van der Waals surface area contributed by atoms with Crippen LogP contribution >= 0.6 is 0 Å². The van der Waals surface area contributed by atoms with Crippen LogP contribution in [0.3, 0.4) is 0 Å². The summed E-state index contributed by atoms with van der Waals surface area (Å²) < 4.78 is 37.2. The SMILES string of the molecule is CC[Si](CC)(CC)O[C@H]1C2=C(c3ccccc3)C[C@@H]3C(=O)c4ccccc4C(=O)[C@@H]3[C@@H]2C[C@H]1C(=O)N1C2CC3CC[C@]2(CS1(=O)=O)C3(C)C. The molecule has 7 nitrogen and oxygen atoms in total. The van der Waals surface area contributed by atoms with E-state index in [-0.39, 0.29) is 34.7 Å². The first-order valence-corrected chi connectivity index (χ1v) is 22.7. The molecule has 49 heavy (non-hydrogen) atoms.